The van der Waals surface area contributed by atoms with Gasteiger partial charge in [0, 0.05) is 17.7 Å². The second-order valence-electron chi connectivity index (χ2n) is 6.42. The number of anilines is 1. The number of sulfonamides is 1. The summed E-state index contributed by atoms with van der Waals surface area (Å²) in [5.41, 5.74) is 1.13. The maximum Gasteiger partial charge on any atom is 0.277 e. The highest BCUT2D eigenvalue weighted by Gasteiger charge is 2.16. The molecule has 0 atom stereocenters. The van der Waals surface area contributed by atoms with Gasteiger partial charge in [-0.1, -0.05) is 13.8 Å². The van der Waals surface area contributed by atoms with Gasteiger partial charge in [-0.25, -0.2) is 18.1 Å². The first-order chi connectivity index (χ1) is 13.8. The van der Waals surface area contributed by atoms with Crippen LogP contribution in [0, 0.1) is 6.92 Å². The van der Waals surface area contributed by atoms with Crippen molar-refractivity contribution in [1.82, 2.24) is 24.3 Å². The zero-order chi connectivity index (χ0) is 21.2. The lowest BCUT2D eigenvalue weighted by atomic mass is 10.2. The van der Waals surface area contributed by atoms with Crippen LogP contribution in [0.2, 0.25) is 0 Å². The van der Waals surface area contributed by atoms with E-state index in [4.69, 9.17) is 0 Å². The summed E-state index contributed by atoms with van der Waals surface area (Å²) in [5, 5.41) is 5.27. The van der Waals surface area contributed by atoms with Gasteiger partial charge in [-0.15, -0.1) is 0 Å². The maximum atomic E-state index is 12.5. The number of H-pyrrole nitrogens is 1. The van der Waals surface area contributed by atoms with Gasteiger partial charge in [0.05, 0.1) is 10.6 Å². The van der Waals surface area contributed by atoms with E-state index in [9.17, 15) is 18.0 Å². The summed E-state index contributed by atoms with van der Waals surface area (Å²) >= 11 is 0. The second kappa shape index (κ2) is 8.13. The third kappa shape index (κ3) is 4.20. The van der Waals surface area contributed by atoms with E-state index in [1.807, 2.05) is 13.8 Å². The number of aryl methyl sites for hydroxylation is 1. The van der Waals surface area contributed by atoms with Gasteiger partial charge in [0.15, 0.2) is 0 Å². The van der Waals surface area contributed by atoms with E-state index in [0.29, 0.717) is 30.6 Å². The Bertz CT molecular complexity index is 1210. The van der Waals surface area contributed by atoms with Gasteiger partial charge >= 0.3 is 0 Å². The lowest BCUT2D eigenvalue weighted by molar-refractivity contribution is 0.102. The molecule has 0 saturated heterocycles. The number of carbonyl (C=O) groups is 1. The van der Waals surface area contributed by atoms with Gasteiger partial charge in [-0.3, -0.25) is 20.0 Å². The summed E-state index contributed by atoms with van der Waals surface area (Å²) in [4.78, 5) is 33.4. The molecule has 0 saturated carbocycles. The molecule has 3 aromatic rings. The Hall–Kier alpha value is -3.05. The molecule has 0 fully saturated rings. The van der Waals surface area contributed by atoms with E-state index in [1.54, 1.807) is 6.92 Å². The predicted molar refractivity (Wildman–Crippen MR) is 108 cm³/mol. The van der Waals surface area contributed by atoms with Crippen LogP contribution in [0.25, 0.3) is 5.78 Å². The lowest BCUT2D eigenvalue weighted by Crippen LogP contribution is -2.24. The zero-order valence-corrected chi connectivity index (χ0v) is 17.1. The number of amides is 1. The number of nitrogens with zero attached hydrogens (tertiary/aromatic N) is 3. The Morgan fingerprint density at radius 3 is 2.48 bits per heavy atom. The number of aromatic nitrogens is 4. The largest absolute Gasteiger partial charge is 0.291 e. The molecule has 1 aromatic carbocycles. The highest BCUT2D eigenvalue weighted by atomic mass is 32.2. The van der Waals surface area contributed by atoms with Gasteiger partial charge < -0.3 is 0 Å². The van der Waals surface area contributed by atoms with E-state index in [0.717, 1.165) is 0 Å². The van der Waals surface area contributed by atoms with Gasteiger partial charge in [0.2, 0.25) is 16.0 Å². The number of carbonyl (C=O) groups excluding carboxylic acids is 1. The number of hydrogen-bond donors (Lipinski definition) is 3. The predicted octanol–water partition coefficient (Wildman–Crippen LogP) is 1.23. The Morgan fingerprint density at radius 2 is 1.86 bits per heavy atom. The highest BCUT2D eigenvalue weighted by Crippen LogP contribution is 2.12. The van der Waals surface area contributed by atoms with Crippen molar-refractivity contribution in [3.8, 4) is 0 Å². The molecule has 0 bridgehead atoms. The van der Waals surface area contributed by atoms with Gasteiger partial charge in [-0.05, 0) is 44.0 Å². The average Bonchev–Trinajstić information content (AvgIpc) is 3.09. The maximum absolute atomic E-state index is 12.5. The fourth-order valence-electron chi connectivity index (χ4n) is 2.80. The third-order valence-corrected chi connectivity index (χ3v) is 5.83. The van der Waals surface area contributed by atoms with Crippen LogP contribution in [-0.2, 0) is 16.4 Å². The van der Waals surface area contributed by atoms with Crippen molar-refractivity contribution >= 4 is 27.7 Å². The van der Waals surface area contributed by atoms with Gasteiger partial charge in [-0.2, -0.15) is 9.50 Å². The van der Waals surface area contributed by atoms with Crippen molar-refractivity contribution in [3.63, 3.8) is 0 Å². The van der Waals surface area contributed by atoms with Crippen molar-refractivity contribution in [1.29, 1.82) is 0 Å². The fourth-order valence-corrected chi connectivity index (χ4v) is 3.94. The molecule has 10 nitrogen and oxygen atoms in total. The van der Waals surface area contributed by atoms with Crippen LogP contribution >= 0.6 is 0 Å². The minimum atomic E-state index is -3.60. The fraction of sp³-hybridized carbons (Fsp3) is 0.333. The normalized spacial score (nSPS) is 11.7. The Labute approximate surface area is 167 Å². The molecule has 0 spiro atoms. The van der Waals surface area contributed by atoms with Crippen molar-refractivity contribution in [2.24, 2.45) is 0 Å². The molecule has 1 amide bonds. The van der Waals surface area contributed by atoms with Crippen LogP contribution in [-0.4, -0.2) is 40.5 Å². The first kappa shape index (κ1) is 20.7. The number of nitrogens with one attached hydrogen (secondary N) is 3. The van der Waals surface area contributed by atoms with Crippen LogP contribution < -0.4 is 15.6 Å². The van der Waals surface area contributed by atoms with Crippen molar-refractivity contribution in [2.75, 3.05) is 11.9 Å². The minimum absolute atomic E-state index is 0.0635. The Balaban J connectivity index is 1.82. The van der Waals surface area contributed by atoms with Crippen LogP contribution in [0.3, 0.4) is 0 Å². The van der Waals surface area contributed by atoms with Crippen LogP contribution in [0.5, 0.6) is 0 Å². The quantitative estimate of drug-likeness (QED) is 0.527. The van der Waals surface area contributed by atoms with E-state index in [1.165, 1.54) is 28.8 Å². The van der Waals surface area contributed by atoms with E-state index >= 15 is 0 Å². The first-order valence-electron chi connectivity index (χ1n) is 9.16. The SMILES string of the molecule is CCCNS(=O)(=O)c1ccc(C(=O)Nc2nc3nc(C)c(CC)c(=O)n3[nH]2)cc1. The standard InChI is InChI=1S/C18H22N6O4S/c1-4-10-19-29(27,28)13-8-6-12(7-9-13)15(25)21-17-22-18-20-11(3)14(5-2)16(26)24(18)23-17/h6-9,19H,4-5,10H2,1-3H3,(H2,20,21,22,23,25). The molecule has 3 rings (SSSR count). The van der Waals surface area contributed by atoms with E-state index in [-0.39, 0.29) is 27.7 Å². The molecule has 0 aliphatic rings. The molecule has 154 valence electrons. The summed E-state index contributed by atoms with van der Waals surface area (Å²) in [5.74, 6) is -0.285. The molecule has 29 heavy (non-hydrogen) atoms. The van der Waals surface area contributed by atoms with Crippen molar-refractivity contribution < 1.29 is 13.2 Å². The van der Waals surface area contributed by atoms with Crippen LogP contribution in [0.4, 0.5) is 5.95 Å². The smallest absolute Gasteiger partial charge is 0.277 e. The molecule has 2 heterocycles. The molecule has 3 N–H and O–H groups in total. The molecule has 0 radical (unpaired) electrons. The molecular formula is C18H22N6O4S. The molecule has 0 unspecified atom stereocenters. The Kier molecular flexibility index (Phi) is 5.80. The summed E-state index contributed by atoms with van der Waals surface area (Å²) in [7, 11) is -3.60. The molecule has 0 aliphatic carbocycles. The Morgan fingerprint density at radius 1 is 1.17 bits per heavy atom. The van der Waals surface area contributed by atoms with Gasteiger partial charge in [0.1, 0.15) is 0 Å². The first-order valence-corrected chi connectivity index (χ1v) is 10.6. The molecule has 11 heteroatoms. The summed E-state index contributed by atoms with van der Waals surface area (Å²) in [6.45, 7) is 5.79. The molecule has 0 aliphatic heterocycles. The number of rotatable bonds is 7. The molecule has 2 aromatic heterocycles. The van der Waals surface area contributed by atoms with Crippen molar-refractivity contribution in [3.05, 3.63) is 51.4 Å². The third-order valence-electron chi connectivity index (χ3n) is 4.35. The monoisotopic (exact) mass is 418 g/mol. The lowest BCUT2D eigenvalue weighted by Gasteiger charge is -2.06. The minimum Gasteiger partial charge on any atom is -0.291 e. The van der Waals surface area contributed by atoms with Crippen molar-refractivity contribution in [2.45, 2.75) is 38.5 Å². The van der Waals surface area contributed by atoms with E-state index in [2.05, 4.69) is 25.1 Å². The van der Waals surface area contributed by atoms with E-state index < -0.39 is 15.9 Å². The van der Waals surface area contributed by atoms with Crippen LogP contribution in [0.15, 0.2) is 34.0 Å². The summed E-state index contributed by atoms with van der Waals surface area (Å²) < 4.78 is 27.9. The zero-order valence-electron chi connectivity index (χ0n) is 16.3. The number of aromatic amines is 1. The second-order valence-corrected chi connectivity index (χ2v) is 8.19. The topological polar surface area (TPSA) is 138 Å². The summed E-state index contributed by atoms with van der Waals surface area (Å²) in [6.07, 6.45) is 1.21. The average molecular weight is 418 g/mol. The number of fused-ring (bicyclic) bond motifs is 1. The van der Waals surface area contributed by atoms with Gasteiger partial charge in [0.25, 0.3) is 17.2 Å². The number of hydrogen-bond acceptors (Lipinski definition) is 6. The highest BCUT2D eigenvalue weighted by molar-refractivity contribution is 7.89. The summed E-state index contributed by atoms with van der Waals surface area (Å²) in [6, 6.07) is 5.52. The number of benzene rings is 1. The molecular weight excluding hydrogens is 396 g/mol. The van der Waals surface area contributed by atoms with Crippen LogP contribution in [0.1, 0.15) is 41.9 Å².